The molecule has 1 N–H and O–H groups in total. The predicted molar refractivity (Wildman–Crippen MR) is 54.9 cm³/mol. The predicted octanol–water partition coefficient (Wildman–Crippen LogP) is 3.96. The van der Waals surface area contributed by atoms with Gasteiger partial charge < -0.3 is 5.11 Å². The Bertz CT molecular complexity index is 385. The minimum Gasteiger partial charge on any atom is -0.508 e. The van der Waals surface area contributed by atoms with Crippen LogP contribution in [0.5, 0.6) is 0 Å². The van der Waals surface area contributed by atoms with Crippen molar-refractivity contribution in [1.82, 2.24) is 0 Å². The minimum absolute atomic E-state index is 0.238. The van der Waals surface area contributed by atoms with E-state index >= 15 is 0 Å². The fourth-order valence-electron chi connectivity index (χ4n) is 1.24. The Morgan fingerprint density at radius 3 is 2.40 bits per heavy atom. The van der Waals surface area contributed by atoms with Crippen LogP contribution in [0.2, 0.25) is 0 Å². The number of hydrogen-bond acceptors (Lipinski definition) is 2. The van der Waals surface area contributed by atoms with E-state index in [0.717, 1.165) is 17.8 Å². The van der Waals surface area contributed by atoms with Gasteiger partial charge in [0.1, 0.15) is 5.76 Å². The van der Waals surface area contributed by atoms with E-state index in [9.17, 15) is 18.3 Å². The molecule has 0 radical (unpaired) electrons. The van der Waals surface area contributed by atoms with Gasteiger partial charge in [0.25, 0.3) is 0 Å². The number of aliphatic hydroxyl groups excluding tert-OH is 1. The smallest absolute Gasteiger partial charge is 0.417 e. The molecule has 1 nitrogen and oxygen atoms in total. The van der Waals surface area contributed by atoms with Gasteiger partial charge in [-0.15, -0.1) is 11.8 Å². The highest BCUT2D eigenvalue weighted by atomic mass is 32.2. The van der Waals surface area contributed by atoms with E-state index in [-0.39, 0.29) is 5.56 Å². The van der Waals surface area contributed by atoms with E-state index in [1.54, 1.807) is 6.26 Å². The Hall–Kier alpha value is -1.10. The maximum Gasteiger partial charge on any atom is 0.417 e. The highest BCUT2D eigenvalue weighted by Crippen LogP contribution is 2.38. The van der Waals surface area contributed by atoms with Crippen LogP contribution in [0.15, 0.2) is 29.7 Å². The summed E-state index contributed by atoms with van der Waals surface area (Å²) in [5, 5.41) is 9.17. The average Bonchev–Trinajstić information content (AvgIpc) is 2.15. The van der Waals surface area contributed by atoms with Crippen LogP contribution in [-0.4, -0.2) is 11.4 Å². The lowest BCUT2D eigenvalue weighted by atomic mass is 10.1. The van der Waals surface area contributed by atoms with Gasteiger partial charge >= 0.3 is 6.18 Å². The van der Waals surface area contributed by atoms with Gasteiger partial charge in [-0.2, -0.15) is 13.2 Å². The van der Waals surface area contributed by atoms with Crippen LogP contribution in [0.4, 0.5) is 13.2 Å². The van der Waals surface area contributed by atoms with Crippen LogP contribution in [0.25, 0.3) is 5.76 Å². The lowest BCUT2D eigenvalue weighted by Gasteiger charge is -2.14. The lowest BCUT2D eigenvalue weighted by Crippen LogP contribution is -2.09. The summed E-state index contributed by atoms with van der Waals surface area (Å²) in [5.41, 5.74) is -1.10. The fraction of sp³-hybridized carbons (Fsp3) is 0.200. The molecule has 82 valence electrons. The molecule has 0 amide bonds. The molecule has 0 bridgehead atoms. The van der Waals surface area contributed by atoms with Crippen molar-refractivity contribution in [3.63, 3.8) is 0 Å². The quantitative estimate of drug-likeness (QED) is 0.617. The van der Waals surface area contributed by atoms with E-state index in [2.05, 4.69) is 6.58 Å². The number of alkyl halides is 3. The topological polar surface area (TPSA) is 20.2 Å². The molecule has 0 atom stereocenters. The van der Waals surface area contributed by atoms with Crippen molar-refractivity contribution < 1.29 is 18.3 Å². The second kappa shape index (κ2) is 4.18. The summed E-state index contributed by atoms with van der Waals surface area (Å²) in [6.45, 7) is 3.15. The van der Waals surface area contributed by atoms with Gasteiger partial charge in [-0.1, -0.05) is 12.6 Å². The first-order valence-corrected chi connectivity index (χ1v) is 5.23. The van der Waals surface area contributed by atoms with Crippen molar-refractivity contribution in [2.24, 2.45) is 0 Å². The maximum absolute atomic E-state index is 12.6. The van der Waals surface area contributed by atoms with Crippen LogP contribution in [0, 0.1) is 0 Å². The Morgan fingerprint density at radius 1 is 1.40 bits per heavy atom. The molecule has 0 saturated carbocycles. The largest absolute Gasteiger partial charge is 0.508 e. The summed E-state index contributed by atoms with van der Waals surface area (Å²) in [5.74, 6) is -0.563. The molecule has 0 saturated heterocycles. The lowest BCUT2D eigenvalue weighted by molar-refractivity contribution is -0.138. The number of rotatable bonds is 2. The van der Waals surface area contributed by atoms with E-state index in [0.29, 0.717) is 4.90 Å². The summed E-state index contributed by atoms with van der Waals surface area (Å²) in [6.07, 6.45) is -2.84. The Morgan fingerprint density at radius 2 is 2.00 bits per heavy atom. The Kier molecular flexibility index (Phi) is 3.34. The fourth-order valence-corrected chi connectivity index (χ4v) is 1.88. The van der Waals surface area contributed by atoms with Crippen molar-refractivity contribution in [1.29, 1.82) is 0 Å². The first-order chi connectivity index (χ1) is 6.88. The molecular weight excluding hydrogens is 225 g/mol. The van der Waals surface area contributed by atoms with Gasteiger partial charge in [-0.25, -0.2) is 0 Å². The average molecular weight is 234 g/mol. The molecule has 0 aliphatic rings. The first kappa shape index (κ1) is 12.0. The number of halogens is 3. The highest BCUT2D eigenvalue weighted by molar-refractivity contribution is 7.98. The molecule has 1 rings (SSSR count). The van der Waals surface area contributed by atoms with Crippen LogP contribution in [0.3, 0.4) is 0 Å². The monoisotopic (exact) mass is 234 g/mol. The second-order valence-electron chi connectivity index (χ2n) is 2.83. The van der Waals surface area contributed by atoms with E-state index < -0.39 is 17.5 Å². The highest BCUT2D eigenvalue weighted by Gasteiger charge is 2.34. The van der Waals surface area contributed by atoms with E-state index in [4.69, 9.17) is 0 Å². The zero-order chi connectivity index (χ0) is 11.6. The molecule has 0 aliphatic carbocycles. The van der Waals surface area contributed by atoms with Crippen LogP contribution in [-0.2, 0) is 6.18 Å². The number of benzene rings is 1. The molecule has 0 spiro atoms. The molecule has 1 aromatic carbocycles. The van der Waals surface area contributed by atoms with Crippen molar-refractivity contribution in [2.75, 3.05) is 6.26 Å². The molecular formula is C10H9F3OS. The molecule has 0 unspecified atom stereocenters. The Balaban J connectivity index is 3.46. The van der Waals surface area contributed by atoms with E-state index in [1.165, 1.54) is 12.1 Å². The molecule has 0 fully saturated rings. The molecule has 15 heavy (non-hydrogen) atoms. The zero-order valence-corrected chi connectivity index (χ0v) is 8.75. The van der Waals surface area contributed by atoms with Crippen LogP contribution >= 0.6 is 11.8 Å². The summed E-state index contributed by atoms with van der Waals surface area (Å²) in [4.78, 5) is 0.359. The molecule has 1 aromatic rings. The van der Waals surface area contributed by atoms with E-state index in [1.807, 2.05) is 0 Å². The third-order valence-electron chi connectivity index (χ3n) is 1.84. The zero-order valence-electron chi connectivity index (χ0n) is 7.93. The normalized spacial score (nSPS) is 11.5. The summed E-state index contributed by atoms with van der Waals surface area (Å²) in [7, 11) is 0. The standard InChI is InChI=1S/C10H9F3OS/c1-6(14)9-7(10(11,12)13)4-3-5-8(9)15-2/h3-5,14H,1H2,2H3. The van der Waals surface area contributed by atoms with Gasteiger partial charge in [0.2, 0.25) is 0 Å². The maximum atomic E-state index is 12.6. The van der Waals surface area contributed by atoms with Gasteiger partial charge in [0, 0.05) is 10.5 Å². The van der Waals surface area contributed by atoms with Gasteiger partial charge in [-0.05, 0) is 18.4 Å². The van der Waals surface area contributed by atoms with Gasteiger partial charge in [-0.3, -0.25) is 0 Å². The van der Waals surface area contributed by atoms with Crippen molar-refractivity contribution >= 4 is 17.5 Å². The minimum atomic E-state index is -4.48. The van der Waals surface area contributed by atoms with Gasteiger partial charge in [0.05, 0.1) is 5.56 Å². The third-order valence-corrected chi connectivity index (χ3v) is 2.62. The third kappa shape index (κ3) is 2.47. The second-order valence-corrected chi connectivity index (χ2v) is 3.68. The molecule has 0 heterocycles. The van der Waals surface area contributed by atoms with Crippen molar-refractivity contribution in [2.45, 2.75) is 11.1 Å². The summed E-state index contributed by atoms with van der Waals surface area (Å²) < 4.78 is 37.7. The molecule has 0 aromatic heterocycles. The van der Waals surface area contributed by atoms with Crippen molar-refractivity contribution in [3.8, 4) is 0 Å². The number of hydrogen-bond donors (Lipinski definition) is 1. The van der Waals surface area contributed by atoms with Crippen LogP contribution < -0.4 is 0 Å². The number of aliphatic hydroxyl groups is 1. The molecule has 5 heteroatoms. The SMILES string of the molecule is C=C(O)c1c(SC)cccc1C(F)(F)F. The Labute approximate surface area is 89.6 Å². The van der Waals surface area contributed by atoms with Crippen LogP contribution in [0.1, 0.15) is 11.1 Å². The summed E-state index contributed by atoms with van der Waals surface area (Å²) in [6, 6.07) is 3.74. The molecule has 0 aliphatic heterocycles. The summed E-state index contributed by atoms with van der Waals surface area (Å²) >= 11 is 1.13. The van der Waals surface area contributed by atoms with Crippen molar-refractivity contribution in [3.05, 3.63) is 35.9 Å². The van der Waals surface area contributed by atoms with Gasteiger partial charge in [0.15, 0.2) is 0 Å². The number of thioether (sulfide) groups is 1. The first-order valence-electron chi connectivity index (χ1n) is 4.00.